The molecule has 0 aromatic carbocycles. The molecule has 0 saturated heterocycles. The first-order chi connectivity index (χ1) is 9.77. The normalized spacial score (nSPS) is 12.6. The third kappa shape index (κ3) is 7.20. The van der Waals surface area contributed by atoms with E-state index < -0.39 is 0 Å². The maximum Gasteiger partial charge on any atom is 0.0700 e. The molecule has 1 heterocycles. The van der Waals surface area contributed by atoms with Crippen LogP contribution in [0.3, 0.4) is 0 Å². The third-order valence-electron chi connectivity index (χ3n) is 3.05. The van der Waals surface area contributed by atoms with Gasteiger partial charge in [-0.1, -0.05) is 18.5 Å². The average Bonchev–Trinajstić information content (AvgIpc) is 2.46. The summed E-state index contributed by atoms with van der Waals surface area (Å²) in [6.45, 7) is 5.19. The van der Waals surface area contributed by atoms with Gasteiger partial charge in [0, 0.05) is 32.2 Å². The fourth-order valence-corrected chi connectivity index (χ4v) is 2.13. The van der Waals surface area contributed by atoms with Gasteiger partial charge in [0.15, 0.2) is 0 Å². The van der Waals surface area contributed by atoms with Crippen molar-refractivity contribution in [2.24, 2.45) is 0 Å². The Morgan fingerprint density at radius 1 is 1.35 bits per heavy atom. The molecular weight excluding hydrogens is 276 g/mol. The van der Waals surface area contributed by atoms with E-state index in [1.807, 2.05) is 6.07 Å². The van der Waals surface area contributed by atoms with E-state index in [2.05, 4.69) is 17.2 Å². The minimum atomic E-state index is 0.373. The van der Waals surface area contributed by atoms with Crippen LogP contribution >= 0.6 is 11.6 Å². The molecule has 20 heavy (non-hydrogen) atoms. The summed E-state index contributed by atoms with van der Waals surface area (Å²) in [5, 5.41) is 4.28. The highest BCUT2D eigenvalue weighted by molar-refractivity contribution is 6.31. The lowest BCUT2D eigenvalue weighted by molar-refractivity contribution is 0.0658. The van der Waals surface area contributed by atoms with Crippen LogP contribution in [0.2, 0.25) is 5.02 Å². The second kappa shape index (κ2) is 11.0. The van der Waals surface area contributed by atoms with E-state index in [0.717, 1.165) is 43.0 Å². The lowest BCUT2D eigenvalue weighted by atomic mass is 10.0. The van der Waals surface area contributed by atoms with E-state index in [-0.39, 0.29) is 0 Å². The standard InChI is InChI=1S/C15H25ClN2O2/c1-3-6-18-14(5-8-20-10-9-19-2)11-13-4-7-17-12-15(13)16/h4,7,12,14,18H,3,5-6,8-11H2,1-2H3. The van der Waals surface area contributed by atoms with Crippen molar-refractivity contribution in [3.63, 3.8) is 0 Å². The number of rotatable bonds is 11. The SMILES string of the molecule is CCCNC(CCOCCOC)Cc1ccncc1Cl. The molecule has 114 valence electrons. The van der Waals surface area contributed by atoms with E-state index in [9.17, 15) is 0 Å². The second-order valence-electron chi connectivity index (χ2n) is 4.72. The van der Waals surface area contributed by atoms with Crippen LogP contribution in [-0.2, 0) is 15.9 Å². The van der Waals surface area contributed by atoms with Crippen molar-refractivity contribution < 1.29 is 9.47 Å². The number of methoxy groups -OCH3 is 1. The zero-order chi connectivity index (χ0) is 14.6. The summed E-state index contributed by atoms with van der Waals surface area (Å²) >= 11 is 6.17. The van der Waals surface area contributed by atoms with Crippen molar-refractivity contribution in [3.05, 3.63) is 29.0 Å². The molecule has 0 radical (unpaired) electrons. The largest absolute Gasteiger partial charge is 0.382 e. The van der Waals surface area contributed by atoms with Gasteiger partial charge in [0.25, 0.3) is 0 Å². The van der Waals surface area contributed by atoms with Gasteiger partial charge in [-0.05, 0) is 37.4 Å². The summed E-state index contributed by atoms with van der Waals surface area (Å²) in [4.78, 5) is 4.02. The van der Waals surface area contributed by atoms with E-state index in [0.29, 0.717) is 19.3 Å². The van der Waals surface area contributed by atoms with Crippen LogP contribution in [0.1, 0.15) is 25.3 Å². The lowest BCUT2D eigenvalue weighted by Crippen LogP contribution is -2.33. The van der Waals surface area contributed by atoms with Crippen molar-refractivity contribution >= 4 is 11.6 Å². The Kier molecular flexibility index (Phi) is 9.58. The van der Waals surface area contributed by atoms with Crippen LogP contribution in [0.4, 0.5) is 0 Å². The monoisotopic (exact) mass is 300 g/mol. The number of nitrogens with zero attached hydrogens (tertiary/aromatic N) is 1. The number of hydrogen-bond donors (Lipinski definition) is 1. The van der Waals surface area contributed by atoms with Crippen LogP contribution in [-0.4, -0.2) is 44.5 Å². The van der Waals surface area contributed by atoms with Gasteiger partial charge in [-0.25, -0.2) is 0 Å². The molecule has 0 bridgehead atoms. The Bertz CT molecular complexity index is 363. The number of ether oxygens (including phenoxy) is 2. The predicted molar refractivity (Wildman–Crippen MR) is 82.3 cm³/mol. The zero-order valence-corrected chi connectivity index (χ0v) is 13.2. The minimum absolute atomic E-state index is 0.373. The predicted octanol–water partition coefficient (Wildman–Crippen LogP) is 2.70. The van der Waals surface area contributed by atoms with Gasteiger partial charge in [-0.15, -0.1) is 0 Å². The number of halogens is 1. The molecule has 0 amide bonds. The topological polar surface area (TPSA) is 43.4 Å². The van der Waals surface area contributed by atoms with Crippen LogP contribution in [0, 0.1) is 0 Å². The van der Waals surface area contributed by atoms with E-state index >= 15 is 0 Å². The molecule has 0 spiro atoms. The molecule has 1 N–H and O–H groups in total. The van der Waals surface area contributed by atoms with Gasteiger partial charge in [0.05, 0.1) is 18.2 Å². The van der Waals surface area contributed by atoms with Gasteiger partial charge >= 0.3 is 0 Å². The highest BCUT2D eigenvalue weighted by Gasteiger charge is 2.11. The van der Waals surface area contributed by atoms with Crippen molar-refractivity contribution in [1.29, 1.82) is 0 Å². The molecule has 1 unspecified atom stereocenters. The fourth-order valence-electron chi connectivity index (χ4n) is 1.93. The maximum atomic E-state index is 6.17. The first-order valence-electron chi connectivity index (χ1n) is 7.16. The van der Waals surface area contributed by atoms with Crippen LogP contribution in [0.15, 0.2) is 18.5 Å². The highest BCUT2D eigenvalue weighted by Crippen LogP contribution is 2.16. The van der Waals surface area contributed by atoms with Crippen molar-refractivity contribution in [1.82, 2.24) is 10.3 Å². The minimum Gasteiger partial charge on any atom is -0.382 e. The van der Waals surface area contributed by atoms with E-state index in [1.165, 1.54) is 0 Å². The summed E-state index contributed by atoms with van der Waals surface area (Å²) in [6.07, 6.45) is 6.46. The number of aromatic nitrogens is 1. The number of hydrogen-bond acceptors (Lipinski definition) is 4. The fraction of sp³-hybridized carbons (Fsp3) is 0.667. The summed E-state index contributed by atoms with van der Waals surface area (Å²) < 4.78 is 10.5. The van der Waals surface area contributed by atoms with Crippen LogP contribution in [0.25, 0.3) is 0 Å². The Labute approximate surface area is 126 Å². The van der Waals surface area contributed by atoms with Crippen molar-refractivity contribution in [2.75, 3.05) is 33.5 Å². The Hall–Kier alpha value is -0.680. The summed E-state index contributed by atoms with van der Waals surface area (Å²) in [7, 11) is 1.68. The highest BCUT2D eigenvalue weighted by atomic mass is 35.5. The molecular formula is C15H25ClN2O2. The quantitative estimate of drug-likeness (QED) is 0.638. The smallest absolute Gasteiger partial charge is 0.0700 e. The summed E-state index contributed by atoms with van der Waals surface area (Å²) in [5.41, 5.74) is 1.13. The van der Waals surface area contributed by atoms with Gasteiger partial charge in [-0.2, -0.15) is 0 Å². The molecule has 1 atom stereocenters. The molecule has 1 aromatic rings. The third-order valence-corrected chi connectivity index (χ3v) is 3.39. The second-order valence-corrected chi connectivity index (χ2v) is 5.12. The molecule has 4 nitrogen and oxygen atoms in total. The molecule has 0 aliphatic heterocycles. The first kappa shape index (κ1) is 17.4. The van der Waals surface area contributed by atoms with Crippen molar-refractivity contribution in [2.45, 2.75) is 32.2 Å². The van der Waals surface area contributed by atoms with Gasteiger partial charge < -0.3 is 14.8 Å². The molecule has 0 aliphatic carbocycles. The Balaban J connectivity index is 2.41. The molecule has 0 saturated carbocycles. The Morgan fingerprint density at radius 2 is 2.20 bits per heavy atom. The first-order valence-corrected chi connectivity index (χ1v) is 7.54. The van der Waals surface area contributed by atoms with E-state index in [1.54, 1.807) is 19.5 Å². The van der Waals surface area contributed by atoms with Crippen molar-refractivity contribution in [3.8, 4) is 0 Å². The average molecular weight is 301 g/mol. The van der Waals surface area contributed by atoms with Gasteiger partial charge in [-0.3, -0.25) is 4.98 Å². The number of pyridine rings is 1. The molecule has 1 rings (SSSR count). The van der Waals surface area contributed by atoms with E-state index in [4.69, 9.17) is 21.1 Å². The molecule has 5 heteroatoms. The summed E-state index contributed by atoms with van der Waals surface area (Å²) in [5.74, 6) is 0. The lowest BCUT2D eigenvalue weighted by Gasteiger charge is -2.19. The molecule has 0 fully saturated rings. The molecule has 1 aromatic heterocycles. The number of nitrogens with one attached hydrogen (secondary N) is 1. The molecule has 0 aliphatic rings. The van der Waals surface area contributed by atoms with Crippen LogP contribution in [0.5, 0.6) is 0 Å². The van der Waals surface area contributed by atoms with Gasteiger partial charge in [0.2, 0.25) is 0 Å². The van der Waals surface area contributed by atoms with Gasteiger partial charge in [0.1, 0.15) is 0 Å². The maximum absolute atomic E-state index is 6.17. The summed E-state index contributed by atoms with van der Waals surface area (Å²) in [6, 6.07) is 2.35. The van der Waals surface area contributed by atoms with Crippen LogP contribution < -0.4 is 5.32 Å². The Morgan fingerprint density at radius 3 is 2.90 bits per heavy atom. The zero-order valence-electron chi connectivity index (χ0n) is 12.4.